The Kier molecular flexibility index (Phi) is 4.22. The summed E-state index contributed by atoms with van der Waals surface area (Å²) in [5, 5.41) is 3.43. The number of aryl methyl sites for hydroxylation is 1. The number of nitrogens with two attached hydrogens (primary N) is 1. The van der Waals surface area contributed by atoms with Gasteiger partial charge in [0.25, 0.3) is 0 Å². The first kappa shape index (κ1) is 14.0. The molecule has 0 radical (unpaired) electrons. The van der Waals surface area contributed by atoms with Gasteiger partial charge in [-0.2, -0.15) is 0 Å². The van der Waals surface area contributed by atoms with E-state index in [2.05, 4.69) is 36.3 Å². The van der Waals surface area contributed by atoms with Crippen LogP contribution in [-0.2, 0) is 6.54 Å². The topological polar surface area (TPSA) is 64.1 Å². The third-order valence-electron chi connectivity index (χ3n) is 3.06. The Morgan fingerprint density at radius 2 is 2.16 bits per heavy atom. The van der Waals surface area contributed by atoms with Gasteiger partial charge in [0, 0.05) is 19.0 Å². The second-order valence-electron chi connectivity index (χ2n) is 5.80. The minimum Gasteiger partial charge on any atom is -0.441 e. The van der Waals surface area contributed by atoms with Gasteiger partial charge in [-0.3, -0.25) is 0 Å². The van der Waals surface area contributed by atoms with Gasteiger partial charge in [0.2, 0.25) is 0 Å². The van der Waals surface area contributed by atoms with Crippen LogP contribution in [-0.4, -0.2) is 17.1 Å². The van der Waals surface area contributed by atoms with E-state index in [1.165, 1.54) is 5.56 Å². The smallest absolute Gasteiger partial charge is 0.192 e. The molecule has 0 bridgehead atoms. The summed E-state index contributed by atoms with van der Waals surface area (Å²) < 4.78 is 5.53. The molecular formula is C15H23N3O. The maximum absolute atomic E-state index is 5.95. The number of nitrogens with one attached hydrogen (secondary N) is 1. The first-order valence-electron chi connectivity index (χ1n) is 6.80. The number of hydrogen-bond acceptors (Lipinski definition) is 4. The SMILES string of the molecule is Cc1nc2ccc(CNCCCC(C)(C)N)cc2o1. The molecule has 104 valence electrons. The molecule has 19 heavy (non-hydrogen) atoms. The highest BCUT2D eigenvalue weighted by Gasteiger charge is 2.09. The molecule has 0 fully saturated rings. The van der Waals surface area contributed by atoms with Crippen LogP contribution in [0.3, 0.4) is 0 Å². The van der Waals surface area contributed by atoms with E-state index in [0.717, 1.165) is 37.0 Å². The third kappa shape index (κ3) is 4.33. The lowest BCUT2D eigenvalue weighted by Crippen LogP contribution is -2.32. The zero-order valence-corrected chi connectivity index (χ0v) is 12.0. The van der Waals surface area contributed by atoms with Gasteiger partial charge in [-0.25, -0.2) is 4.98 Å². The zero-order chi connectivity index (χ0) is 13.9. The lowest BCUT2D eigenvalue weighted by Gasteiger charge is -2.17. The lowest BCUT2D eigenvalue weighted by molar-refractivity contribution is 0.448. The van der Waals surface area contributed by atoms with Crippen molar-refractivity contribution in [2.24, 2.45) is 5.73 Å². The van der Waals surface area contributed by atoms with Crippen molar-refractivity contribution < 1.29 is 4.42 Å². The summed E-state index contributed by atoms with van der Waals surface area (Å²) in [5.41, 5.74) is 8.88. The van der Waals surface area contributed by atoms with Gasteiger partial charge in [0.05, 0.1) is 0 Å². The number of fused-ring (bicyclic) bond motifs is 1. The number of oxazole rings is 1. The largest absolute Gasteiger partial charge is 0.441 e. The average molecular weight is 261 g/mol. The van der Waals surface area contributed by atoms with Gasteiger partial charge in [-0.05, 0) is 50.9 Å². The lowest BCUT2D eigenvalue weighted by atomic mass is 10.0. The van der Waals surface area contributed by atoms with Crippen LogP contribution < -0.4 is 11.1 Å². The number of rotatable bonds is 6. The predicted octanol–water partition coefficient (Wildman–Crippen LogP) is 2.74. The minimum atomic E-state index is -0.0715. The first-order valence-corrected chi connectivity index (χ1v) is 6.80. The first-order chi connectivity index (χ1) is 8.94. The van der Waals surface area contributed by atoms with E-state index >= 15 is 0 Å². The molecule has 0 aliphatic rings. The highest BCUT2D eigenvalue weighted by atomic mass is 16.3. The molecule has 3 N–H and O–H groups in total. The second kappa shape index (κ2) is 5.72. The summed E-state index contributed by atoms with van der Waals surface area (Å²) in [5.74, 6) is 0.713. The van der Waals surface area contributed by atoms with Crippen molar-refractivity contribution in [1.29, 1.82) is 0 Å². The van der Waals surface area contributed by atoms with Crippen molar-refractivity contribution >= 4 is 11.1 Å². The molecule has 0 aliphatic heterocycles. The molecular weight excluding hydrogens is 238 g/mol. The fourth-order valence-corrected chi connectivity index (χ4v) is 2.10. The van der Waals surface area contributed by atoms with Gasteiger partial charge >= 0.3 is 0 Å². The molecule has 4 heteroatoms. The van der Waals surface area contributed by atoms with Crippen molar-refractivity contribution in [3.05, 3.63) is 29.7 Å². The highest BCUT2D eigenvalue weighted by Crippen LogP contribution is 2.16. The van der Waals surface area contributed by atoms with E-state index in [1.54, 1.807) is 0 Å². The molecule has 1 heterocycles. The summed E-state index contributed by atoms with van der Waals surface area (Å²) in [6.45, 7) is 7.82. The van der Waals surface area contributed by atoms with Crippen LogP contribution in [0.1, 0.15) is 38.1 Å². The number of nitrogens with zero attached hydrogens (tertiary/aromatic N) is 1. The van der Waals surface area contributed by atoms with Crippen molar-refractivity contribution in [3.63, 3.8) is 0 Å². The molecule has 0 atom stereocenters. The minimum absolute atomic E-state index is 0.0715. The third-order valence-corrected chi connectivity index (χ3v) is 3.06. The van der Waals surface area contributed by atoms with Gasteiger partial charge in [-0.1, -0.05) is 6.07 Å². The Balaban J connectivity index is 1.81. The Labute approximate surface area is 114 Å². The van der Waals surface area contributed by atoms with Crippen LogP contribution in [0.4, 0.5) is 0 Å². The molecule has 1 aromatic heterocycles. The Hall–Kier alpha value is -1.39. The Morgan fingerprint density at radius 3 is 2.89 bits per heavy atom. The monoisotopic (exact) mass is 261 g/mol. The molecule has 0 unspecified atom stereocenters. The van der Waals surface area contributed by atoms with Crippen molar-refractivity contribution in [1.82, 2.24) is 10.3 Å². The summed E-state index contributed by atoms with van der Waals surface area (Å²) in [6, 6.07) is 6.14. The van der Waals surface area contributed by atoms with E-state index in [-0.39, 0.29) is 5.54 Å². The van der Waals surface area contributed by atoms with E-state index in [1.807, 2.05) is 13.0 Å². The molecule has 0 saturated heterocycles. The Bertz CT molecular complexity index is 540. The van der Waals surface area contributed by atoms with Crippen LogP contribution in [0, 0.1) is 6.92 Å². The maximum Gasteiger partial charge on any atom is 0.192 e. The van der Waals surface area contributed by atoms with Crippen LogP contribution in [0.5, 0.6) is 0 Å². The normalized spacial score (nSPS) is 12.2. The highest BCUT2D eigenvalue weighted by molar-refractivity contribution is 5.73. The van der Waals surface area contributed by atoms with Crippen LogP contribution in [0.25, 0.3) is 11.1 Å². The van der Waals surface area contributed by atoms with Gasteiger partial charge in [0.1, 0.15) is 5.52 Å². The quantitative estimate of drug-likeness (QED) is 0.785. The fourth-order valence-electron chi connectivity index (χ4n) is 2.10. The molecule has 0 saturated carbocycles. The van der Waals surface area contributed by atoms with Crippen LogP contribution in [0.2, 0.25) is 0 Å². The Morgan fingerprint density at radius 1 is 1.37 bits per heavy atom. The van der Waals surface area contributed by atoms with Gasteiger partial charge in [0.15, 0.2) is 11.5 Å². The summed E-state index contributed by atoms with van der Waals surface area (Å²) in [7, 11) is 0. The molecule has 0 spiro atoms. The number of benzene rings is 1. The fraction of sp³-hybridized carbons (Fsp3) is 0.533. The van der Waals surface area contributed by atoms with E-state index in [0.29, 0.717) is 5.89 Å². The maximum atomic E-state index is 5.95. The second-order valence-corrected chi connectivity index (χ2v) is 5.80. The molecule has 2 rings (SSSR count). The van der Waals surface area contributed by atoms with E-state index in [4.69, 9.17) is 10.2 Å². The van der Waals surface area contributed by atoms with Crippen LogP contribution >= 0.6 is 0 Å². The van der Waals surface area contributed by atoms with Gasteiger partial charge < -0.3 is 15.5 Å². The van der Waals surface area contributed by atoms with Crippen molar-refractivity contribution in [2.45, 2.75) is 45.7 Å². The average Bonchev–Trinajstić information content (AvgIpc) is 2.66. The van der Waals surface area contributed by atoms with E-state index < -0.39 is 0 Å². The molecule has 1 aromatic carbocycles. The number of aromatic nitrogens is 1. The summed E-state index contributed by atoms with van der Waals surface area (Å²) >= 11 is 0. The predicted molar refractivity (Wildman–Crippen MR) is 78.0 cm³/mol. The summed E-state index contributed by atoms with van der Waals surface area (Å²) in [4.78, 5) is 4.29. The molecule has 0 amide bonds. The molecule has 2 aromatic rings. The standard InChI is InChI=1S/C15H23N3O/c1-11-18-13-6-5-12(9-14(13)19-11)10-17-8-4-7-15(2,3)16/h5-6,9,17H,4,7-8,10,16H2,1-3H3. The van der Waals surface area contributed by atoms with Crippen molar-refractivity contribution in [2.75, 3.05) is 6.54 Å². The van der Waals surface area contributed by atoms with Gasteiger partial charge in [-0.15, -0.1) is 0 Å². The zero-order valence-electron chi connectivity index (χ0n) is 12.0. The van der Waals surface area contributed by atoms with Crippen molar-refractivity contribution in [3.8, 4) is 0 Å². The molecule has 0 aliphatic carbocycles. The number of hydrogen-bond donors (Lipinski definition) is 2. The van der Waals surface area contributed by atoms with E-state index in [9.17, 15) is 0 Å². The van der Waals surface area contributed by atoms with Crippen LogP contribution in [0.15, 0.2) is 22.6 Å². The molecule has 4 nitrogen and oxygen atoms in total. The summed E-state index contributed by atoms with van der Waals surface area (Å²) in [6.07, 6.45) is 2.12.